The third kappa shape index (κ3) is 4.95. The lowest BCUT2D eigenvalue weighted by Crippen LogP contribution is -2.35. The second kappa shape index (κ2) is 9.09. The van der Waals surface area contributed by atoms with Crippen LogP contribution in [-0.2, 0) is 5.75 Å². The van der Waals surface area contributed by atoms with Crippen molar-refractivity contribution >= 4 is 23.4 Å². The molecule has 0 spiro atoms. The van der Waals surface area contributed by atoms with E-state index in [9.17, 15) is 9.18 Å². The summed E-state index contributed by atoms with van der Waals surface area (Å²) in [5.41, 5.74) is 2.82. The Labute approximate surface area is 173 Å². The van der Waals surface area contributed by atoms with Gasteiger partial charge in [-0.15, -0.1) is 0 Å². The molecule has 1 saturated heterocycles. The standard InChI is InChI=1S/C21H22FN5OS/c22-18-6-8-19(9-7-18)26-10-1-11-27(13-12-26)20(28)17-4-2-16(3-5-17)14-29-21-23-15-24-25-21/h2-9,15H,1,10-14H2,(H,23,24,25). The van der Waals surface area contributed by atoms with Crippen LogP contribution in [0.2, 0.25) is 0 Å². The summed E-state index contributed by atoms with van der Waals surface area (Å²) in [5.74, 6) is 0.587. The molecule has 0 aliphatic carbocycles. The molecule has 29 heavy (non-hydrogen) atoms. The number of anilines is 1. The molecule has 8 heteroatoms. The zero-order chi connectivity index (χ0) is 20.1. The summed E-state index contributed by atoms with van der Waals surface area (Å²) < 4.78 is 13.2. The summed E-state index contributed by atoms with van der Waals surface area (Å²) in [6.07, 6.45) is 2.37. The van der Waals surface area contributed by atoms with Crippen LogP contribution in [0.3, 0.4) is 0 Å². The van der Waals surface area contributed by atoms with Crippen LogP contribution in [0.25, 0.3) is 0 Å². The fraction of sp³-hybridized carbons (Fsp3) is 0.286. The van der Waals surface area contributed by atoms with Crippen molar-refractivity contribution < 1.29 is 9.18 Å². The van der Waals surface area contributed by atoms with Crippen molar-refractivity contribution in [1.82, 2.24) is 20.1 Å². The first-order chi connectivity index (χ1) is 14.2. The molecule has 1 fully saturated rings. The van der Waals surface area contributed by atoms with Gasteiger partial charge in [-0.05, 0) is 48.4 Å². The number of benzene rings is 2. The van der Waals surface area contributed by atoms with E-state index in [0.29, 0.717) is 12.1 Å². The number of hydrogen-bond acceptors (Lipinski definition) is 5. The van der Waals surface area contributed by atoms with Gasteiger partial charge in [-0.2, -0.15) is 5.10 Å². The molecular weight excluding hydrogens is 389 g/mol. The number of H-pyrrole nitrogens is 1. The average Bonchev–Trinajstić information content (AvgIpc) is 3.16. The van der Waals surface area contributed by atoms with E-state index in [1.54, 1.807) is 23.9 Å². The average molecular weight is 412 g/mol. The van der Waals surface area contributed by atoms with Gasteiger partial charge in [-0.1, -0.05) is 23.9 Å². The summed E-state index contributed by atoms with van der Waals surface area (Å²) in [6.45, 7) is 2.97. The van der Waals surface area contributed by atoms with Crippen molar-refractivity contribution in [3.63, 3.8) is 0 Å². The van der Waals surface area contributed by atoms with E-state index < -0.39 is 0 Å². The van der Waals surface area contributed by atoms with Gasteiger partial charge in [0.25, 0.3) is 5.91 Å². The third-order valence-electron chi connectivity index (χ3n) is 4.94. The largest absolute Gasteiger partial charge is 0.370 e. The topological polar surface area (TPSA) is 65.1 Å². The van der Waals surface area contributed by atoms with Crippen LogP contribution in [0, 0.1) is 5.82 Å². The molecule has 4 rings (SSSR count). The molecule has 1 N–H and O–H groups in total. The highest BCUT2D eigenvalue weighted by molar-refractivity contribution is 7.98. The van der Waals surface area contributed by atoms with Gasteiger partial charge < -0.3 is 9.80 Å². The first-order valence-electron chi connectivity index (χ1n) is 9.56. The lowest BCUT2D eigenvalue weighted by molar-refractivity contribution is 0.0767. The molecular formula is C21H22FN5OS. The summed E-state index contributed by atoms with van der Waals surface area (Å²) in [4.78, 5) is 21.1. The first kappa shape index (κ1) is 19.4. The van der Waals surface area contributed by atoms with Crippen molar-refractivity contribution in [1.29, 1.82) is 0 Å². The van der Waals surface area contributed by atoms with Gasteiger partial charge >= 0.3 is 0 Å². The molecule has 0 radical (unpaired) electrons. The fourth-order valence-electron chi connectivity index (χ4n) is 3.37. The van der Waals surface area contributed by atoms with E-state index in [-0.39, 0.29) is 11.7 Å². The van der Waals surface area contributed by atoms with Gasteiger partial charge in [0.05, 0.1) is 0 Å². The molecule has 3 aromatic rings. The Kier molecular flexibility index (Phi) is 6.09. The normalized spacial score (nSPS) is 14.7. The number of nitrogens with zero attached hydrogens (tertiary/aromatic N) is 4. The molecule has 1 aliphatic heterocycles. The van der Waals surface area contributed by atoms with E-state index >= 15 is 0 Å². The van der Waals surface area contributed by atoms with Crippen molar-refractivity contribution in [3.05, 3.63) is 71.8 Å². The number of thioether (sulfide) groups is 1. The number of halogens is 1. The van der Waals surface area contributed by atoms with Gasteiger partial charge in [-0.3, -0.25) is 9.89 Å². The molecule has 0 bridgehead atoms. The van der Waals surface area contributed by atoms with Gasteiger partial charge in [0.2, 0.25) is 0 Å². The Morgan fingerprint density at radius 1 is 1.03 bits per heavy atom. The lowest BCUT2D eigenvalue weighted by atomic mass is 10.1. The van der Waals surface area contributed by atoms with E-state index in [1.807, 2.05) is 29.2 Å². The molecule has 2 aromatic carbocycles. The van der Waals surface area contributed by atoms with Gasteiger partial charge in [0, 0.05) is 43.2 Å². The van der Waals surface area contributed by atoms with Crippen molar-refractivity contribution in [2.75, 3.05) is 31.1 Å². The van der Waals surface area contributed by atoms with E-state index in [1.165, 1.54) is 18.5 Å². The molecule has 1 aliphatic rings. The SMILES string of the molecule is O=C(c1ccc(CSc2ncn[nH]2)cc1)N1CCCN(c2ccc(F)cc2)CC1. The Morgan fingerprint density at radius 2 is 1.83 bits per heavy atom. The number of hydrogen-bond donors (Lipinski definition) is 1. The predicted molar refractivity (Wildman–Crippen MR) is 112 cm³/mol. The van der Waals surface area contributed by atoms with Crippen molar-refractivity contribution in [3.8, 4) is 0 Å². The molecule has 6 nitrogen and oxygen atoms in total. The third-order valence-corrected chi connectivity index (χ3v) is 5.89. The monoisotopic (exact) mass is 411 g/mol. The maximum atomic E-state index is 13.2. The second-order valence-electron chi connectivity index (χ2n) is 6.89. The minimum atomic E-state index is -0.233. The summed E-state index contributed by atoms with van der Waals surface area (Å²) in [5, 5.41) is 7.43. The number of aromatic amines is 1. The second-order valence-corrected chi connectivity index (χ2v) is 7.85. The van der Waals surface area contributed by atoms with Crippen LogP contribution in [0.5, 0.6) is 0 Å². The predicted octanol–water partition coefficient (Wildman–Crippen LogP) is 3.59. The molecule has 0 unspecified atom stereocenters. The Morgan fingerprint density at radius 3 is 2.55 bits per heavy atom. The highest BCUT2D eigenvalue weighted by Crippen LogP contribution is 2.20. The molecule has 150 valence electrons. The first-order valence-corrected chi connectivity index (χ1v) is 10.5. The molecule has 0 saturated carbocycles. The Bertz CT molecular complexity index is 931. The van der Waals surface area contributed by atoms with Crippen LogP contribution in [-0.4, -0.2) is 52.2 Å². The number of carbonyl (C=O) groups excluding carboxylic acids is 1. The van der Waals surface area contributed by atoms with Crippen molar-refractivity contribution in [2.45, 2.75) is 17.3 Å². The Hall–Kier alpha value is -2.87. The minimum absolute atomic E-state index is 0.0559. The maximum absolute atomic E-state index is 13.2. The van der Waals surface area contributed by atoms with Crippen LogP contribution >= 0.6 is 11.8 Å². The number of nitrogens with one attached hydrogen (secondary N) is 1. The van der Waals surface area contributed by atoms with Gasteiger partial charge in [0.1, 0.15) is 12.1 Å². The fourth-order valence-corrected chi connectivity index (χ4v) is 4.11. The van der Waals surface area contributed by atoms with Crippen molar-refractivity contribution in [2.24, 2.45) is 0 Å². The molecule has 0 atom stereocenters. The van der Waals surface area contributed by atoms with Crippen LogP contribution < -0.4 is 4.90 Å². The lowest BCUT2D eigenvalue weighted by Gasteiger charge is -2.23. The van der Waals surface area contributed by atoms with E-state index in [4.69, 9.17) is 0 Å². The van der Waals surface area contributed by atoms with Crippen LogP contribution in [0.4, 0.5) is 10.1 Å². The number of amides is 1. The van der Waals surface area contributed by atoms with E-state index in [0.717, 1.165) is 48.2 Å². The smallest absolute Gasteiger partial charge is 0.253 e. The van der Waals surface area contributed by atoms with Crippen LogP contribution in [0.1, 0.15) is 22.3 Å². The van der Waals surface area contributed by atoms with Gasteiger partial charge in [0.15, 0.2) is 5.16 Å². The zero-order valence-corrected chi connectivity index (χ0v) is 16.7. The molecule has 1 aromatic heterocycles. The number of aromatic nitrogens is 3. The minimum Gasteiger partial charge on any atom is -0.370 e. The number of rotatable bonds is 5. The zero-order valence-electron chi connectivity index (χ0n) is 15.9. The number of carbonyl (C=O) groups is 1. The quantitative estimate of drug-likeness (QED) is 0.650. The summed E-state index contributed by atoms with van der Waals surface area (Å²) >= 11 is 1.57. The highest BCUT2D eigenvalue weighted by atomic mass is 32.2. The van der Waals surface area contributed by atoms with Gasteiger partial charge in [-0.25, -0.2) is 9.37 Å². The molecule has 1 amide bonds. The van der Waals surface area contributed by atoms with Crippen LogP contribution in [0.15, 0.2) is 60.0 Å². The Balaban J connectivity index is 1.34. The summed E-state index contributed by atoms with van der Waals surface area (Å²) in [6, 6.07) is 14.3. The maximum Gasteiger partial charge on any atom is 0.253 e. The molecule has 2 heterocycles. The van der Waals surface area contributed by atoms with E-state index in [2.05, 4.69) is 20.1 Å². The highest BCUT2D eigenvalue weighted by Gasteiger charge is 2.20. The summed E-state index contributed by atoms with van der Waals surface area (Å²) in [7, 11) is 0.